The average molecular weight is 379 g/mol. The molecule has 0 saturated heterocycles. The van der Waals surface area contributed by atoms with Crippen LogP contribution in [-0.4, -0.2) is 35.0 Å². The van der Waals surface area contributed by atoms with Crippen LogP contribution in [0, 0.1) is 0 Å². The third kappa shape index (κ3) is 3.32. The lowest BCUT2D eigenvalue weighted by Crippen LogP contribution is -2.35. The van der Waals surface area contributed by atoms with Gasteiger partial charge in [0, 0.05) is 23.5 Å². The second-order valence-corrected chi connectivity index (χ2v) is 6.90. The van der Waals surface area contributed by atoms with Crippen LogP contribution in [0.2, 0.25) is 5.82 Å². The van der Waals surface area contributed by atoms with E-state index in [0.717, 1.165) is 11.3 Å². The summed E-state index contributed by atoms with van der Waals surface area (Å²) in [5, 5.41) is 22.5. The van der Waals surface area contributed by atoms with Gasteiger partial charge in [-0.15, -0.1) is 0 Å². The van der Waals surface area contributed by atoms with Crippen LogP contribution in [0.5, 0.6) is 5.75 Å². The highest BCUT2D eigenvalue weighted by Crippen LogP contribution is 2.37. The Hall–Kier alpha value is -3.33. The lowest BCUT2D eigenvalue weighted by Gasteiger charge is -2.28. The molecule has 0 unspecified atom stereocenters. The summed E-state index contributed by atoms with van der Waals surface area (Å²) in [5.74, 6) is -1.27. The predicted octanol–water partition coefficient (Wildman–Crippen LogP) is 1.68. The maximum atomic E-state index is 12.8. The number of para-hydroxylation sites is 1. The van der Waals surface area contributed by atoms with Gasteiger partial charge in [-0.25, -0.2) is 9.79 Å². The minimum Gasteiger partial charge on any atom is -0.535 e. The molecule has 0 bridgehead atoms. The van der Waals surface area contributed by atoms with Gasteiger partial charge in [-0.1, -0.05) is 24.3 Å². The van der Waals surface area contributed by atoms with Crippen LogP contribution in [-0.2, 0) is 13.0 Å². The smallest absolute Gasteiger partial charge is 0.526 e. The number of nitrogens with two attached hydrogens (primary N) is 1. The average Bonchev–Trinajstić information content (AvgIpc) is 2.67. The fraction of sp³-hybridized carbons (Fsp3) is 0.211. The third-order valence-electron chi connectivity index (χ3n) is 5.01. The number of nitrogens with one attached hydrogen (secondary N) is 1. The molecule has 2 aromatic rings. The number of rotatable bonds is 4. The van der Waals surface area contributed by atoms with E-state index >= 15 is 0 Å². The van der Waals surface area contributed by atoms with Crippen molar-refractivity contribution < 1.29 is 24.4 Å². The molecule has 142 valence electrons. The van der Waals surface area contributed by atoms with Crippen LogP contribution in [0.25, 0.3) is 0 Å². The molecule has 0 spiro atoms. The first-order valence-corrected chi connectivity index (χ1v) is 8.85. The van der Waals surface area contributed by atoms with Crippen molar-refractivity contribution in [1.29, 1.82) is 0 Å². The van der Waals surface area contributed by atoms with Gasteiger partial charge in [-0.05, 0) is 29.7 Å². The summed E-state index contributed by atoms with van der Waals surface area (Å²) in [7, 11) is -1.25. The van der Waals surface area contributed by atoms with Crippen LogP contribution in [0.3, 0.4) is 0 Å². The van der Waals surface area contributed by atoms with Crippen molar-refractivity contribution in [1.82, 2.24) is 0 Å². The summed E-state index contributed by atoms with van der Waals surface area (Å²) in [6.45, 7) is 0.459. The number of carboxylic acid groups (broad SMARTS) is 1. The van der Waals surface area contributed by atoms with Crippen LogP contribution >= 0.6 is 0 Å². The second kappa shape index (κ2) is 7.01. The molecule has 5 N–H and O–H groups in total. The fourth-order valence-corrected chi connectivity index (χ4v) is 3.53. The van der Waals surface area contributed by atoms with Gasteiger partial charge in [0.1, 0.15) is 5.75 Å². The Morgan fingerprint density at radius 1 is 1.29 bits per heavy atom. The molecule has 8 nitrogen and oxygen atoms in total. The fourth-order valence-electron chi connectivity index (χ4n) is 3.53. The number of carboxylic acids is 1. The summed E-state index contributed by atoms with van der Waals surface area (Å²) >= 11 is 0. The third-order valence-corrected chi connectivity index (χ3v) is 5.01. The predicted molar refractivity (Wildman–Crippen MR) is 104 cm³/mol. The highest BCUT2D eigenvalue weighted by molar-refractivity contribution is 6.47. The topological polar surface area (TPSA) is 134 Å². The Morgan fingerprint density at radius 2 is 2.11 bits per heavy atom. The van der Waals surface area contributed by atoms with Crippen LogP contribution in [0.1, 0.15) is 38.3 Å². The van der Waals surface area contributed by atoms with Gasteiger partial charge in [0.2, 0.25) is 0 Å². The molecule has 0 saturated carbocycles. The van der Waals surface area contributed by atoms with Crippen molar-refractivity contribution in [3.8, 4) is 5.75 Å². The van der Waals surface area contributed by atoms with Crippen LogP contribution in [0.15, 0.2) is 41.4 Å². The summed E-state index contributed by atoms with van der Waals surface area (Å²) < 4.78 is 5.46. The minimum absolute atomic E-state index is 0.00124. The molecule has 9 heteroatoms. The molecule has 28 heavy (non-hydrogen) atoms. The highest BCUT2D eigenvalue weighted by Gasteiger charge is 2.38. The first-order valence-electron chi connectivity index (χ1n) is 8.85. The summed E-state index contributed by atoms with van der Waals surface area (Å²) in [6, 6.07) is 10.1. The normalized spacial score (nSPS) is 17.5. The lowest BCUT2D eigenvalue weighted by atomic mass is 9.64. The number of carbonyl (C=O) groups excluding carboxylic acids is 1. The van der Waals surface area contributed by atoms with Gasteiger partial charge < -0.3 is 25.8 Å². The number of guanidine groups is 1. The number of hydrogen-bond donors (Lipinski definition) is 4. The molecule has 0 fully saturated rings. The van der Waals surface area contributed by atoms with E-state index in [9.17, 15) is 19.7 Å². The zero-order valence-electron chi connectivity index (χ0n) is 14.9. The van der Waals surface area contributed by atoms with Crippen molar-refractivity contribution in [2.45, 2.75) is 25.2 Å². The quantitative estimate of drug-likeness (QED) is 0.469. The minimum atomic E-state index is -1.25. The number of fused-ring (bicyclic) bond motifs is 2. The molecular formula is C19H18BN3O5. The highest BCUT2D eigenvalue weighted by atomic mass is 16.5. The molecule has 2 aromatic carbocycles. The maximum Gasteiger partial charge on any atom is 0.526 e. The van der Waals surface area contributed by atoms with Crippen molar-refractivity contribution in [3.63, 3.8) is 0 Å². The standard InChI is InChI=1S/C19H18BN3O5/c21-19-22-9-12-5-4-10(7-15(12)23-19)16(24)8-13-6-11-2-1-3-14(18(25)26)17(11)28-20(13)27/h1-5,7,13,27H,6,8-9H2,(H,25,26)(H3,21,22,23)/t13-/m1/s1. The first kappa shape index (κ1) is 18.1. The first-order chi connectivity index (χ1) is 13.4. The van der Waals surface area contributed by atoms with E-state index in [2.05, 4.69) is 10.3 Å². The Morgan fingerprint density at radius 3 is 2.89 bits per heavy atom. The SMILES string of the molecule is NC1=NCc2ccc(C(=O)C[C@H]3Cc4cccc(C(=O)O)c4OB3O)cc2N1. The number of benzene rings is 2. The monoisotopic (exact) mass is 379 g/mol. The van der Waals surface area contributed by atoms with E-state index in [1.807, 2.05) is 6.07 Å². The Kier molecular flexibility index (Phi) is 4.52. The molecule has 0 radical (unpaired) electrons. The molecule has 2 aliphatic heterocycles. The molecular weight excluding hydrogens is 361 g/mol. The van der Waals surface area contributed by atoms with Gasteiger partial charge in [0.05, 0.1) is 12.1 Å². The van der Waals surface area contributed by atoms with Crippen molar-refractivity contribution in [3.05, 3.63) is 58.7 Å². The van der Waals surface area contributed by atoms with Crippen molar-refractivity contribution in [2.75, 3.05) is 5.32 Å². The molecule has 4 rings (SSSR count). The number of nitrogens with zero attached hydrogens (tertiary/aromatic N) is 1. The van der Waals surface area contributed by atoms with E-state index in [4.69, 9.17) is 10.4 Å². The molecule has 2 heterocycles. The molecule has 0 aromatic heterocycles. The van der Waals surface area contributed by atoms with E-state index in [1.165, 1.54) is 6.07 Å². The van der Waals surface area contributed by atoms with Gasteiger partial charge in [-0.2, -0.15) is 0 Å². The van der Waals surface area contributed by atoms with Crippen molar-refractivity contribution >= 4 is 30.5 Å². The van der Waals surface area contributed by atoms with Crippen LogP contribution < -0.4 is 15.7 Å². The molecule has 0 amide bonds. The van der Waals surface area contributed by atoms with E-state index < -0.39 is 18.9 Å². The second-order valence-electron chi connectivity index (χ2n) is 6.90. The zero-order valence-corrected chi connectivity index (χ0v) is 14.9. The molecule has 1 atom stereocenters. The maximum absolute atomic E-state index is 12.8. The number of aromatic carboxylic acids is 1. The Balaban J connectivity index is 1.52. The Labute approximate surface area is 161 Å². The number of carbonyl (C=O) groups is 2. The van der Waals surface area contributed by atoms with Crippen molar-refractivity contribution in [2.24, 2.45) is 10.7 Å². The number of ketones is 1. The van der Waals surface area contributed by atoms with E-state index in [-0.39, 0.29) is 23.5 Å². The number of hydrogen-bond acceptors (Lipinski definition) is 7. The largest absolute Gasteiger partial charge is 0.535 e. The lowest BCUT2D eigenvalue weighted by molar-refractivity contribution is 0.0693. The van der Waals surface area contributed by atoms with Gasteiger partial charge in [0.15, 0.2) is 11.7 Å². The van der Waals surface area contributed by atoms with E-state index in [0.29, 0.717) is 30.1 Å². The summed E-state index contributed by atoms with van der Waals surface area (Å²) in [4.78, 5) is 28.2. The Bertz CT molecular complexity index is 1010. The number of Topliss-reactive ketones (excluding diaryl/α,β-unsaturated/α-hetero) is 1. The summed E-state index contributed by atoms with van der Waals surface area (Å²) in [5.41, 5.74) is 8.54. The molecule has 0 aliphatic carbocycles. The van der Waals surface area contributed by atoms with Gasteiger partial charge >= 0.3 is 13.1 Å². The number of aliphatic imine (C=N–C) groups is 1. The van der Waals surface area contributed by atoms with E-state index in [1.54, 1.807) is 24.3 Å². The van der Waals surface area contributed by atoms with Gasteiger partial charge in [-0.3, -0.25) is 4.79 Å². The molecule has 2 aliphatic rings. The van der Waals surface area contributed by atoms with Gasteiger partial charge in [0.25, 0.3) is 0 Å². The van der Waals surface area contributed by atoms with Crippen LogP contribution in [0.4, 0.5) is 5.69 Å². The zero-order chi connectivity index (χ0) is 19.8. The summed E-state index contributed by atoms with van der Waals surface area (Å²) in [6.07, 6.45) is 0.423. The number of anilines is 1.